The van der Waals surface area contributed by atoms with Crippen molar-refractivity contribution in [2.75, 3.05) is 18.6 Å². The van der Waals surface area contributed by atoms with Gasteiger partial charge in [-0.1, -0.05) is 48.5 Å². The topological polar surface area (TPSA) is 94.7 Å². The lowest BCUT2D eigenvalue weighted by Gasteiger charge is -2.42. The van der Waals surface area contributed by atoms with Crippen molar-refractivity contribution < 1.29 is 46.5 Å². The molecule has 0 saturated heterocycles. The zero-order valence-electron chi connectivity index (χ0n) is 19.4. The van der Waals surface area contributed by atoms with E-state index in [0.29, 0.717) is 10.5 Å². The fraction of sp³-hybridized carbons (Fsp3) is 0.269. The van der Waals surface area contributed by atoms with Gasteiger partial charge in [0.15, 0.2) is 23.2 Å². The fourth-order valence-corrected chi connectivity index (χ4v) is 5.06. The van der Waals surface area contributed by atoms with Crippen molar-refractivity contribution in [3.8, 4) is 0 Å². The lowest BCUT2D eigenvalue weighted by Crippen LogP contribution is -2.60. The van der Waals surface area contributed by atoms with Crippen LogP contribution >= 0.6 is 0 Å². The van der Waals surface area contributed by atoms with Gasteiger partial charge in [-0.15, -0.1) is 0 Å². The number of ether oxygens (including phenoxy) is 4. The fourth-order valence-electron chi connectivity index (χ4n) is 5.06. The molecule has 37 heavy (non-hydrogen) atoms. The third-order valence-corrected chi connectivity index (χ3v) is 6.56. The van der Waals surface area contributed by atoms with Crippen molar-refractivity contribution in [3.05, 3.63) is 88.9 Å². The number of alkyl halides is 3. The molecule has 3 aliphatic heterocycles. The molecule has 11 heteroatoms. The molecule has 0 radical (unpaired) electrons. The van der Waals surface area contributed by atoms with Crippen molar-refractivity contribution >= 4 is 24.0 Å². The van der Waals surface area contributed by atoms with E-state index in [1.54, 1.807) is 36.4 Å². The average Bonchev–Trinajstić information content (AvgIpc) is 3.56. The van der Waals surface area contributed by atoms with Crippen LogP contribution in [0.4, 0.5) is 18.9 Å². The summed E-state index contributed by atoms with van der Waals surface area (Å²) in [5.41, 5.74) is -1.26. The molecule has 5 rings (SSSR count). The second-order valence-corrected chi connectivity index (χ2v) is 8.53. The molecule has 0 aliphatic carbocycles. The van der Waals surface area contributed by atoms with Crippen LogP contribution < -0.4 is 4.90 Å². The summed E-state index contributed by atoms with van der Waals surface area (Å²) in [6.45, 7) is -0.342. The Morgan fingerprint density at radius 1 is 1.11 bits per heavy atom. The largest absolute Gasteiger partial charge is 0.471 e. The smallest absolute Gasteiger partial charge is 0.466 e. The molecule has 8 nitrogen and oxygen atoms in total. The van der Waals surface area contributed by atoms with E-state index in [1.807, 2.05) is 0 Å². The highest BCUT2D eigenvalue weighted by Gasteiger charge is 2.72. The van der Waals surface area contributed by atoms with Crippen LogP contribution in [0.25, 0.3) is 0 Å². The van der Waals surface area contributed by atoms with Gasteiger partial charge in [0.05, 0.1) is 18.7 Å². The number of anilines is 1. The molecule has 3 atom stereocenters. The van der Waals surface area contributed by atoms with E-state index in [-0.39, 0.29) is 41.2 Å². The van der Waals surface area contributed by atoms with E-state index >= 15 is 0 Å². The minimum atomic E-state index is -5.24. The first-order valence-electron chi connectivity index (χ1n) is 11.2. The number of halogens is 3. The minimum absolute atomic E-state index is 0.0360. The highest BCUT2D eigenvalue weighted by molar-refractivity contribution is 5.99. The van der Waals surface area contributed by atoms with E-state index < -0.39 is 42.4 Å². The first-order valence-corrected chi connectivity index (χ1v) is 11.2. The third-order valence-electron chi connectivity index (χ3n) is 6.56. The van der Waals surface area contributed by atoms with Crippen molar-refractivity contribution in [2.24, 2.45) is 0 Å². The lowest BCUT2D eigenvalue weighted by atomic mass is 9.78. The zero-order chi connectivity index (χ0) is 26.4. The molecule has 192 valence electrons. The van der Waals surface area contributed by atoms with Crippen LogP contribution in [0.3, 0.4) is 0 Å². The molecule has 2 bridgehead atoms. The van der Waals surface area contributed by atoms with Crippen LogP contribution in [0.2, 0.25) is 0 Å². The molecule has 0 aromatic heterocycles. The summed E-state index contributed by atoms with van der Waals surface area (Å²) in [7, 11) is 1.14. The van der Waals surface area contributed by atoms with Gasteiger partial charge in [0.1, 0.15) is 6.61 Å². The maximum atomic E-state index is 14.0. The van der Waals surface area contributed by atoms with Crippen molar-refractivity contribution in [1.82, 2.24) is 0 Å². The number of amides is 1. The Bertz CT molecular complexity index is 1310. The monoisotopic (exact) mass is 515 g/mol. The molecular formula is C26H20F3NO7. The molecule has 2 aromatic rings. The Labute approximate surface area is 208 Å². The van der Waals surface area contributed by atoms with E-state index in [4.69, 9.17) is 18.9 Å². The lowest BCUT2D eigenvalue weighted by molar-refractivity contribution is -0.172. The van der Waals surface area contributed by atoms with Crippen LogP contribution in [0, 0.1) is 0 Å². The molecule has 2 aromatic carbocycles. The zero-order valence-corrected chi connectivity index (χ0v) is 19.4. The number of methoxy groups -OCH3 is 1. The first-order chi connectivity index (χ1) is 17.7. The Hall–Kier alpha value is -4.12. The summed E-state index contributed by atoms with van der Waals surface area (Å²) >= 11 is 0. The van der Waals surface area contributed by atoms with E-state index in [9.17, 15) is 27.6 Å². The van der Waals surface area contributed by atoms with Gasteiger partial charge >= 0.3 is 18.1 Å². The van der Waals surface area contributed by atoms with Gasteiger partial charge in [0.25, 0.3) is 6.47 Å². The van der Waals surface area contributed by atoms with E-state index in [2.05, 4.69) is 0 Å². The highest BCUT2D eigenvalue weighted by Crippen LogP contribution is 2.62. The maximum absolute atomic E-state index is 14.0. The van der Waals surface area contributed by atoms with Crippen LogP contribution in [0.1, 0.15) is 5.56 Å². The van der Waals surface area contributed by atoms with Crippen molar-refractivity contribution in [2.45, 2.75) is 30.3 Å². The Morgan fingerprint density at radius 3 is 2.35 bits per heavy atom. The Morgan fingerprint density at radius 2 is 1.76 bits per heavy atom. The number of benzene rings is 2. The molecule has 0 fully saturated rings. The number of fused-ring (bicyclic) bond motifs is 4. The summed E-state index contributed by atoms with van der Waals surface area (Å²) in [4.78, 5) is 37.5. The van der Waals surface area contributed by atoms with Crippen molar-refractivity contribution in [3.63, 3.8) is 0 Å². The average molecular weight is 515 g/mol. The van der Waals surface area contributed by atoms with Crippen LogP contribution in [-0.2, 0) is 39.8 Å². The van der Waals surface area contributed by atoms with Gasteiger partial charge in [0, 0.05) is 11.3 Å². The summed E-state index contributed by atoms with van der Waals surface area (Å²) < 4.78 is 63.9. The number of carbonyl (C=O) groups excluding carboxylic acids is 3. The van der Waals surface area contributed by atoms with Crippen LogP contribution in [0.5, 0.6) is 0 Å². The van der Waals surface area contributed by atoms with Gasteiger partial charge in [0.2, 0.25) is 0 Å². The van der Waals surface area contributed by atoms with Gasteiger partial charge in [-0.2, -0.15) is 13.2 Å². The van der Waals surface area contributed by atoms with Crippen molar-refractivity contribution in [1.29, 1.82) is 0 Å². The van der Waals surface area contributed by atoms with Gasteiger partial charge < -0.3 is 18.9 Å². The predicted octanol–water partition coefficient (Wildman–Crippen LogP) is 3.23. The number of para-hydroxylation sites is 1. The molecule has 0 N–H and O–H groups in total. The quantitative estimate of drug-likeness (QED) is 0.374. The minimum Gasteiger partial charge on any atom is -0.466 e. The van der Waals surface area contributed by atoms with E-state index in [1.165, 1.54) is 24.3 Å². The molecule has 3 aliphatic rings. The maximum Gasteiger partial charge on any atom is 0.471 e. The number of carbonyl (C=O) groups is 3. The van der Waals surface area contributed by atoms with Gasteiger partial charge in [-0.3, -0.25) is 14.5 Å². The standard InChI is InChI=1S/C26H20F3NO7/c1-34-23(32)19-17(13-35-14-31)25(22-21(36-22)20(19)37-25)18(12-15-8-4-2-5-9-15)30(24(33)26(27,28)29)16-10-6-3-7-11-16/h2-11,14,18,20H,12-13H2,1H3. The van der Waals surface area contributed by atoms with Gasteiger partial charge in [-0.25, -0.2) is 4.79 Å². The second kappa shape index (κ2) is 9.07. The first kappa shape index (κ1) is 24.6. The molecule has 3 heterocycles. The van der Waals surface area contributed by atoms with Gasteiger partial charge in [-0.05, 0) is 24.1 Å². The number of nitrogens with zero attached hydrogens (tertiary/aromatic N) is 1. The van der Waals surface area contributed by atoms with Crippen LogP contribution in [0.15, 0.2) is 83.3 Å². The predicted molar refractivity (Wildman–Crippen MR) is 121 cm³/mol. The molecule has 0 saturated carbocycles. The number of hydrogen-bond acceptors (Lipinski definition) is 7. The molecule has 1 amide bonds. The Balaban J connectivity index is 1.74. The van der Waals surface area contributed by atoms with E-state index in [0.717, 1.165) is 7.11 Å². The molecule has 3 unspecified atom stereocenters. The Kier molecular flexibility index (Phi) is 6.03. The summed E-state index contributed by atoms with van der Waals surface area (Å²) in [6.07, 6.45) is -6.43. The summed E-state index contributed by atoms with van der Waals surface area (Å²) in [5.74, 6) is -2.50. The third kappa shape index (κ3) is 3.95. The number of esters is 1. The SMILES string of the molecule is COC(=O)C1=C(COC=O)C2(C(Cc3ccccc3)N(C(=O)C(F)(F)F)c3ccccc3)OC1C1=C2O1. The number of hydrogen-bond donors (Lipinski definition) is 0. The molecule has 0 spiro atoms. The normalized spacial score (nSPS) is 22.2. The van der Waals surface area contributed by atoms with Crippen LogP contribution in [-0.4, -0.2) is 56.0 Å². The number of rotatable bonds is 9. The summed E-state index contributed by atoms with van der Waals surface area (Å²) in [5, 5.41) is 0. The highest BCUT2D eigenvalue weighted by atomic mass is 19.4. The summed E-state index contributed by atoms with van der Waals surface area (Å²) in [6, 6.07) is 14.5. The second-order valence-electron chi connectivity index (χ2n) is 8.53. The molecular weight excluding hydrogens is 495 g/mol.